The van der Waals surface area contributed by atoms with Crippen molar-refractivity contribution >= 4 is 5.91 Å². The first kappa shape index (κ1) is 19.3. The van der Waals surface area contributed by atoms with Crippen molar-refractivity contribution in [3.8, 4) is 0 Å². The number of amides is 1. The highest BCUT2D eigenvalue weighted by Crippen LogP contribution is 2.64. The molecule has 0 unspecified atom stereocenters. The molecule has 5 nitrogen and oxygen atoms in total. The van der Waals surface area contributed by atoms with Crippen LogP contribution in [0.5, 0.6) is 0 Å². The lowest BCUT2D eigenvalue weighted by Gasteiger charge is -2.27. The Balaban J connectivity index is 1.47. The highest BCUT2D eigenvalue weighted by molar-refractivity contribution is 5.91. The molecule has 0 saturated heterocycles. The zero-order valence-corrected chi connectivity index (χ0v) is 17.0. The number of aromatic nitrogens is 3. The Labute approximate surface area is 170 Å². The number of nitrogens with zero attached hydrogens (tertiary/aromatic N) is 4. The number of hydrogen-bond donors (Lipinski definition) is 0. The second-order valence-corrected chi connectivity index (χ2v) is 8.60. The molecule has 150 valence electrons. The third-order valence-electron chi connectivity index (χ3n) is 6.11. The molecule has 2 aromatic carbocycles. The Morgan fingerprint density at radius 3 is 2.41 bits per heavy atom. The first-order valence-corrected chi connectivity index (χ1v) is 9.76. The summed E-state index contributed by atoms with van der Waals surface area (Å²) in [5, 5.41) is 8.12. The van der Waals surface area contributed by atoms with Crippen molar-refractivity contribution in [2.45, 2.75) is 32.2 Å². The number of carbonyl (C=O) groups excluding carboxylic acids is 1. The molecular weight excluding hydrogens is 367 g/mol. The quantitative estimate of drug-likeness (QED) is 0.639. The van der Waals surface area contributed by atoms with Gasteiger partial charge in [-0.05, 0) is 35.1 Å². The fraction of sp³-hybridized carbons (Fsp3) is 0.348. The van der Waals surface area contributed by atoms with Gasteiger partial charge in [0.2, 0.25) is 0 Å². The zero-order chi connectivity index (χ0) is 20.6. The molecule has 1 atom stereocenters. The molecule has 1 heterocycles. The molecule has 29 heavy (non-hydrogen) atoms. The van der Waals surface area contributed by atoms with Crippen molar-refractivity contribution in [1.29, 1.82) is 0 Å². The van der Waals surface area contributed by atoms with Gasteiger partial charge >= 0.3 is 0 Å². The minimum Gasteiger partial charge on any atom is -0.339 e. The second kappa shape index (κ2) is 7.10. The van der Waals surface area contributed by atoms with Crippen molar-refractivity contribution in [1.82, 2.24) is 19.9 Å². The average molecular weight is 392 g/mol. The van der Waals surface area contributed by atoms with Crippen LogP contribution in [-0.4, -0.2) is 39.4 Å². The molecule has 1 amide bonds. The van der Waals surface area contributed by atoms with E-state index in [-0.39, 0.29) is 22.6 Å². The lowest BCUT2D eigenvalue weighted by Crippen LogP contribution is -2.36. The Bertz CT molecular complexity index is 1010. The van der Waals surface area contributed by atoms with Crippen molar-refractivity contribution in [3.05, 3.63) is 83.4 Å². The molecule has 1 aromatic heterocycles. The van der Waals surface area contributed by atoms with Crippen LogP contribution in [0.25, 0.3) is 0 Å². The molecule has 1 aliphatic carbocycles. The van der Waals surface area contributed by atoms with E-state index in [1.54, 1.807) is 27.9 Å². The summed E-state index contributed by atoms with van der Waals surface area (Å²) in [5.74, 6) is -0.423. The molecule has 1 saturated carbocycles. The Kier molecular flexibility index (Phi) is 4.73. The summed E-state index contributed by atoms with van der Waals surface area (Å²) in [6, 6.07) is 16.6. The topological polar surface area (TPSA) is 51.0 Å². The van der Waals surface area contributed by atoms with Gasteiger partial charge in [-0.25, -0.2) is 9.07 Å². The van der Waals surface area contributed by atoms with Crippen LogP contribution < -0.4 is 0 Å². The highest BCUT2D eigenvalue weighted by atomic mass is 19.1. The Morgan fingerprint density at radius 2 is 1.79 bits per heavy atom. The van der Waals surface area contributed by atoms with Crippen LogP contribution in [0.3, 0.4) is 0 Å². The maximum absolute atomic E-state index is 13.1. The van der Waals surface area contributed by atoms with E-state index in [2.05, 4.69) is 36.3 Å². The number of hydrogen-bond acceptors (Lipinski definition) is 3. The van der Waals surface area contributed by atoms with Gasteiger partial charge in [0.05, 0.1) is 12.7 Å². The lowest BCUT2D eigenvalue weighted by molar-refractivity contribution is 0.0769. The van der Waals surface area contributed by atoms with Crippen LogP contribution in [0.1, 0.15) is 41.9 Å². The SMILES string of the molecule is CN(C[C@]1(c2ccccc2)CC1(C)C)C(=O)c1cn(Cc2ccc(F)cc2)nn1. The maximum atomic E-state index is 13.1. The monoisotopic (exact) mass is 392 g/mol. The molecule has 0 aliphatic heterocycles. The van der Waals surface area contributed by atoms with E-state index in [4.69, 9.17) is 0 Å². The van der Waals surface area contributed by atoms with Crippen molar-refractivity contribution in [2.75, 3.05) is 13.6 Å². The fourth-order valence-corrected chi connectivity index (χ4v) is 4.24. The Morgan fingerprint density at radius 1 is 1.14 bits per heavy atom. The first-order valence-electron chi connectivity index (χ1n) is 9.76. The number of benzene rings is 2. The third-order valence-corrected chi connectivity index (χ3v) is 6.11. The van der Waals surface area contributed by atoms with Crippen LogP contribution >= 0.6 is 0 Å². The van der Waals surface area contributed by atoms with E-state index in [0.29, 0.717) is 18.8 Å². The lowest BCUT2D eigenvalue weighted by atomic mass is 9.87. The molecule has 6 heteroatoms. The number of carbonyl (C=O) groups is 1. The van der Waals surface area contributed by atoms with Crippen molar-refractivity contribution in [3.63, 3.8) is 0 Å². The van der Waals surface area contributed by atoms with E-state index < -0.39 is 0 Å². The van der Waals surface area contributed by atoms with E-state index in [9.17, 15) is 9.18 Å². The van der Waals surface area contributed by atoms with Crippen LogP contribution in [0.2, 0.25) is 0 Å². The summed E-state index contributed by atoms with van der Waals surface area (Å²) in [4.78, 5) is 14.7. The zero-order valence-electron chi connectivity index (χ0n) is 17.0. The standard InChI is InChI=1S/C23H25FN4O/c1-22(2)15-23(22,18-7-5-4-6-8-18)16-27(3)21(29)20-14-28(26-25-20)13-17-9-11-19(24)12-10-17/h4-12,14H,13,15-16H2,1-3H3/t23-/m0/s1. The summed E-state index contributed by atoms with van der Waals surface area (Å²) < 4.78 is 14.7. The number of likely N-dealkylation sites (N-methyl/N-ethyl adjacent to an activating group) is 1. The van der Waals surface area contributed by atoms with Crippen LogP contribution in [0, 0.1) is 11.2 Å². The maximum Gasteiger partial charge on any atom is 0.275 e. The van der Waals surface area contributed by atoms with Crippen LogP contribution in [-0.2, 0) is 12.0 Å². The summed E-state index contributed by atoms with van der Waals surface area (Å²) in [7, 11) is 1.82. The van der Waals surface area contributed by atoms with Crippen molar-refractivity contribution in [2.24, 2.45) is 5.41 Å². The molecular formula is C23H25FN4O. The van der Waals surface area contributed by atoms with Crippen LogP contribution in [0.4, 0.5) is 4.39 Å². The minimum atomic E-state index is -0.278. The number of halogens is 1. The smallest absolute Gasteiger partial charge is 0.275 e. The second-order valence-electron chi connectivity index (χ2n) is 8.60. The van der Waals surface area contributed by atoms with Crippen molar-refractivity contribution < 1.29 is 9.18 Å². The van der Waals surface area contributed by atoms with Gasteiger partial charge in [-0.3, -0.25) is 4.79 Å². The molecule has 4 rings (SSSR count). The molecule has 0 spiro atoms. The van der Waals surface area contributed by atoms with Gasteiger partial charge in [-0.2, -0.15) is 0 Å². The summed E-state index contributed by atoms with van der Waals surface area (Å²) >= 11 is 0. The Hall–Kier alpha value is -3.02. The van der Waals surface area contributed by atoms with Gasteiger partial charge < -0.3 is 4.90 Å². The predicted molar refractivity (Wildman–Crippen MR) is 109 cm³/mol. The van der Waals surface area contributed by atoms with Gasteiger partial charge in [0.25, 0.3) is 5.91 Å². The highest BCUT2D eigenvalue weighted by Gasteiger charge is 2.62. The molecule has 1 aliphatic rings. The van der Waals surface area contributed by atoms with Gasteiger partial charge in [0.1, 0.15) is 5.82 Å². The van der Waals surface area contributed by atoms with E-state index in [1.807, 2.05) is 25.2 Å². The minimum absolute atomic E-state index is 0.0389. The fourth-order valence-electron chi connectivity index (χ4n) is 4.24. The van der Waals surface area contributed by atoms with Gasteiger partial charge in [-0.1, -0.05) is 61.5 Å². The van der Waals surface area contributed by atoms with Gasteiger partial charge in [-0.15, -0.1) is 5.10 Å². The summed E-state index contributed by atoms with van der Waals surface area (Å²) in [5.41, 5.74) is 2.58. The molecule has 3 aromatic rings. The largest absolute Gasteiger partial charge is 0.339 e. The third kappa shape index (κ3) is 3.67. The average Bonchev–Trinajstić information content (AvgIpc) is 3.03. The van der Waals surface area contributed by atoms with Gasteiger partial charge in [0.15, 0.2) is 5.69 Å². The normalized spacial score (nSPS) is 19.7. The molecule has 0 N–H and O–H groups in total. The summed E-state index contributed by atoms with van der Waals surface area (Å²) in [6.07, 6.45) is 2.69. The van der Waals surface area contributed by atoms with E-state index >= 15 is 0 Å². The predicted octanol–water partition coefficient (Wildman–Crippen LogP) is 3.91. The van der Waals surface area contributed by atoms with Crippen LogP contribution in [0.15, 0.2) is 60.8 Å². The number of rotatable bonds is 6. The summed E-state index contributed by atoms with van der Waals surface area (Å²) in [6.45, 7) is 5.56. The molecule has 0 radical (unpaired) electrons. The molecule has 1 fully saturated rings. The van der Waals surface area contributed by atoms with E-state index in [0.717, 1.165) is 12.0 Å². The van der Waals surface area contributed by atoms with E-state index in [1.165, 1.54) is 17.7 Å². The van der Waals surface area contributed by atoms with Gasteiger partial charge in [0, 0.05) is 19.0 Å². The molecule has 0 bridgehead atoms. The first-order chi connectivity index (χ1) is 13.8.